The molecule has 0 radical (unpaired) electrons. The van der Waals surface area contributed by atoms with E-state index in [4.69, 9.17) is 0 Å². The van der Waals surface area contributed by atoms with Crippen molar-refractivity contribution < 1.29 is 0 Å². The fourth-order valence-electron chi connectivity index (χ4n) is 7.67. The highest BCUT2D eigenvalue weighted by atomic mass is 15.0. The van der Waals surface area contributed by atoms with Crippen molar-refractivity contribution in [1.82, 2.24) is 9.13 Å². The van der Waals surface area contributed by atoms with E-state index in [1.807, 2.05) is 0 Å². The summed E-state index contributed by atoms with van der Waals surface area (Å²) in [5, 5.41) is 7.51. The normalized spacial score (nSPS) is 11.8. The molecule has 2 heterocycles. The Hall–Kier alpha value is -6.38. The third-order valence-electron chi connectivity index (χ3n) is 9.89. The van der Waals surface area contributed by atoms with Crippen LogP contribution in [0.2, 0.25) is 0 Å². The topological polar surface area (TPSA) is 9.86 Å². The van der Waals surface area contributed by atoms with Crippen molar-refractivity contribution in [2.45, 2.75) is 0 Å². The summed E-state index contributed by atoms with van der Waals surface area (Å²) in [6.45, 7) is 0. The minimum atomic E-state index is 1.16. The monoisotopic (exact) mass is 610 g/mol. The first-order valence-corrected chi connectivity index (χ1v) is 16.5. The highest BCUT2D eigenvalue weighted by Crippen LogP contribution is 2.42. The molecule has 10 aromatic rings. The Morgan fingerprint density at radius 1 is 0.292 bits per heavy atom. The maximum atomic E-state index is 2.48. The molecule has 0 amide bonds. The molecule has 0 spiro atoms. The number of hydrogen-bond acceptors (Lipinski definition) is 0. The van der Waals surface area contributed by atoms with Crippen molar-refractivity contribution in [2.24, 2.45) is 0 Å². The Morgan fingerprint density at radius 2 is 0.833 bits per heavy atom. The number of fused-ring (bicyclic) bond motifs is 8. The molecule has 0 aliphatic heterocycles. The van der Waals surface area contributed by atoms with E-state index < -0.39 is 0 Å². The summed E-state index contributed by atoms with van der Waals surface area (Å²) >= 11 is 0. The van der Waals surface area contributed by atoms with E-state index in [1.54, 1.807) is 0 Å². The summed E-state index contributed by atoms with van der Waals surface area (Å²) < 4.78 is 4.90. The van der Waals surface area contributed by atoms with Crippen LogP contribution in [0.3, 0.4) is 0 Å². The Bertz CT molecular complexity index is 2800. The molecule has 0 aliphatic carbocycles. The largest absolute Gasteiger partial charge is 0.309 e. The number of aromatic nitrogens is 2. The van der Waals surface area contributed by atoms with Crippen molar-refractivity contribution in [3.63, 3.8) is 0 Å². The van der Waals surface area contributed by atoms with E-state index in [9.17, 15) is 0 Å². The average molecular weight is 611 g/mol. The van der Waals surface area contributed by atoms with Crippen LogP contribution in [0.1, 0.15) is 0 Å². The summed E-state index contributed by atoms with van der Waals surface area (Å²) in [5.41, 5.74) is 12.1. The predicted octanol–water partition coefficient (Wildman–Crippen LogP) is 12.4. The molecule has 0 saturated heterocycles. The molecule has 2 nitrogen and oxygen atoms in total. The van der Waals surface area contributed by atoms with Crippen LogP contribution in [0.25, 0.3) is 88.0 Å². The van der Waals surface area contributed by atoms with Crippen molar-refractivity contribution in [1.29, 1.82) is 0 Å². The zero-order valence-corrected chi connectivity index (χ0v) is 26.2. The molecule has 2 aromatic heterocycles. The molecule has 0 atom stereocenters. The molecule has 0 N–H and O–H groups in total. The van der Waals surface area contributed by atoms with Gasteiger partial charge in [0, 0.05) is 32.9 Å². The quantitative estimate of drug-likeness (QED) is 0.188. The molecule has 224 valence electrons. The van der Waals surface area contributed by atoms with Gasteiger partial charge in [0.15, 0.2) is 0 Å². The van der Waals surface area contributed by atoms with E-state index in [0.29, 0.717) is 0 Å². The molecule has 2 heteroatoms. The second-order valence-electron chi connectivity index (χ2n) is 12.6. The number of hydrogen-bond donors (Lipinski definition) is 0. The molecule has 0 unspecified atom stereocenters. The highest BCUT2D eigenvalue weighted by Gasteiger charge is 2.20. The first-order valence-electron chi connectivity index (χ1n) is 16.5. The highest BCUT2D eigenvalue weighted by molar-refractivity contribution is 6.26. The van der Waals surface area contributed by atoms with E-state index in [2.05, 4.69) is 191 Å². The van der Waals surface area contributed by atoms with E-state index >= 15 is 0 Å². The van der Waals surface area contributed by atoms with Gasteiger partial charge in [0.2, 0.25) is 0 Å². The Balaban J connectivity index is 1.23. The van der Waals surface area contributed by atoms with Gasteiger partial charge >= 0.3 is 0 Å². The molecule has 0 aliphatic rings. The maximum Gasteiger partial charge on any atom is 0.0641 e. The predicted molar refractivity (Wildman–Crippen MR) is 203 cm³/mol. The van der Waals surface area contributed by atoms with Crippen molar-refractivity contribution in [3.05, 3.63) is 182 Å². The lowest BCUT2D eigenvalue weighted by Gasteiger charge is -2.12. The summed E-state index contributed by atoms with van der Waals surface area (Å²) in [5.74, 6) is 0. The molecular formula is C46H30N2. The van der Waals surface area contributed by atoms with Gasteiger partial charge < -0.3 is 9.13 Å². The third kappa shape index (κ3) is 4.06. The fraction of sp³-hybridized carbons (Fsp3) is 0. The number of nitrogens with zero attached hydrogens (tertiary/aromatic N) is 2. The van der Waals surface area contributed by atoms with Gasteiger partial charge in [-0.25, -0.2) is 0 Å². The lowest BCUT2D eigenvalue weighted by atomic mass is 10.0. The molecular weight excluding hydrogens is 581 g/mol. The first-order chi connectivity index (χ1) is 23.8. The van der Waals surface area contributed by atoms with Gasteiger partial charge in [0.25, 0.3) is 0 Å². The van der Waals surface area contributed by atoms with Crippen molar-refractivity contribution >= 4 is 54.4 Å². The van der Waals surface area contributed by atoms with Gasteiger partial charge in [0.05, 0.1) is 22.1 Å². The van der Waals surface area contributed by atoms with Crippen LogP contribution in [-0.2, 0) is 0 Å². The maximum absolute atomic E-state index is 2.48. The molecule has 48 heavy (non-hydrogen) atoms. The molecule has 0 saturated carbocycles. The Labute approximate surface area is 278 Å². The van der Waals surface area contributed by atoms with Gasteiger partial charge in [-0.05, 0) is 81.6 Å². The molecule has 0 fully saturated rings. The lowest BCUT2D eigenvalue weighted by Crippen LogP contribution is -1.95. The molecule has 10 rings (SSSR count). The van der Waals surface area contributed by atoms with Crippen LogP contribution in [0.15, 0.2) is 182 Å². The van der Waals surface area contributed by atoms with Gasteiger partial charge in [-0.3, -0.25) is 0 Å². The average Bonchev–Trinajstić information content (AvgIpc) is 3.68. The van der Waals surface area contributed by atoms with Crippen LogP contribution in [0.5, 0.6) is 0 Å². The zero-order valence-electron chi connectivity index (χ0n) is 26.2. The minimum Gasteiger partial charge on any atom is -0.309 e. The smallest absolute Gasteiger partial charge is 0.0641 e. The minimum absolute atomic E-state index is 1.16. The van der Waals surface area contributed by atoms with Crippen LogP contribution >= 0.6 is 0 Å². The summed E-state index contributed by atoms with van der Waals surface area (Å²) in [6.07, 6.45) is 0. The summed E-state index contributed by atoms with van der Waals surface area (Å²) in [6, 6.07) is 66.2. The zero-order chi connectivity index (χ0) is 31.6. The van der Waals surface area contributed by atoms with Crippen molar-refractivity contribution in [2.75, 3.05) is 0 Å². The van der Waals surface area contributed by atoms with Crippen molar-refractivity contribution in [3.8, 4) is 33.6 Å². The van der Waals surface area contributed by atoms with Crippen LogP contribution in [0, 0.1) is 0 Å². The van der Waals surface area contributed by atoms with Gasteiger partial charge in [-0.1, -0.05) is 133 Å². The van der Waals surface area contributed by atoms with E-state index in [-0.39, 0.29) is 0 Å². The van der Waals surface area contributed by atoms with Crippen LogP contribution < -0.4 is 0 Å². The Morgan fingerprint density at radius 3 is 1.58 bits per heavy atom. The standard InChI is InChI=1S/C46H30N2/c1-3-11-31(12-4-1)33-21-24-37(25-22-33)47-43-18-10-8-16-41(43)45-44(47)28-27-40-39-15-7-9-17-42(39)48(46(40)45)38-26-23-35-29-34(19-20-36(35)30-38)32-13-5-2-6-14-32/h1-30H. The molecule has 0 bridgehead atoms. The Kier molecular flexibility index (Phi) is 5.91. The van der Waals surface area contributed by atoms with Gasteiger partial charge in [0.1, 0.15) is 0 Å². The third-order valence-corrected chi connectivity index (χ3v) is 9.89. The second-order valence-corrected chi connectivity index (χ2v) is 12.6. The number of rotatable bonds is 4. The van der Waals surface area contributed by atoms with Gasteiger partial charge in [-0.15, -0.1) is 0 Å². The van der Waals surface area contributed by atoms with Crippen LogP contribution in [-0.4, -0.2) is 9.13 Å². The SMILES string of the molecule is c1ccc(-c2ccc(-n3c4ccccc4c4c3ccc3c5ccccc5n(-c5ccc6cc(-c7ccccc7)ccc6c5)c34)cc2)cc1. The number of benzene rings is 8. The number of para-hydroxylation sites is 2. The summed E-state index contributed by atoms with van der Waals surface area (Å²) in [4.78, 5) is 0. The molecule has 8 aromatic carbocycles. The first kappa shape index (κ1) is 26.8. The second kappa shape index (κ2) is 10.6. The van der Waals surface area contributed by atoms with Gasteiger partial charge in [-0.2, -0.15) is 0 Å². The summed E-state index contributed by atoms with van der Waals surface area (Å²) in [7, 11) is 0. The lowest BCUT2D eigenvalue weighted by molar-refractivity contribution is 1.18. The van der Waals surface area contributed by atoms with E-state index in [1.165, 1.54) is 76.6 Å². The fourth-order valence-corrected chi connectivity index (χ4v) is 7.67. The van der Waals surface area contributed by atoms with E-state index in [0.717, 1.165) is 11.4 Å². The van der Waals surface area contributed by atoms with Crippen LogP contribution in [0.4, 0.5) is 0 Å².